The topological polar surface area (TPSA) is 55.1 Å². The van der Waals surface area contributed by atoms with Crippen molar-refractivity contribution in [2.24, 2.45) is 13.0 Å². The van der Waals surface area contributed by atoms with E-state index in [0.29, 0.717) is 6.42 Å². The van der Waals surface area contributed by atoms with Gasteiger partial charge in [0.15, 0.2) is 0 Å². The zero-order valence-electron chi connectivity index (χ0n) is 7.90. The average molecular weight is 182 g/mol. The van der Waals surface area contributed by atoms with E-state index >= 15 is 0 Å². The Bertz CT molecular complexity index is 294. The SMILES string of the molecule is CC(CCc1cn(C)cn1)C(=O)O. The van der Waals surface area contributed by atoms with Crippen LogP contribution in [0.25, 0.3) is 0 Å². The number of hydrogen-bond donors (Lipinski definition) is 1. The van der Waals surface area contributed by atoms with Crippen LogP contribution in [0.4, 0.5) is 0 Å². The van der Waals surface area contributed by atoms with Gasteiger partial charge in [0, 0.05) is 13.2 Å². The van der Waals surface area contributed by atoms with Gasteiger partial charge in [-0.25, -0.2) is 4.98 Å². The molecule has 0 aliphatic rings. The van der Waals surface area contributed by atoms with Crippen molar-refractivity contribution < 1.29 is 9.90 Å². The molecule has 1 rings (SSSR count). The predicted molar refractivity (Wildman–Crippen MR) is 48.3 cm³/mol. The Morgan fingerprint density at radius 3 is 2.92 bits per heavy atom. The molecule has 0 saturated heterocycles. The smallest absolute Gasteiger partial charge is 0.306 e. The second-order valence-electron chi connectivity index (χ2n) is 3.31. The van der Waals surface area contributed by atoms with E-state index in [-0.39, 0.29) is 5.92 Å². The molecule has 4 heteroatoms. The minimum Gasteiger partial charge on any atom is -0.481 e. The first-order valence-corrected chi connectivity index (χ1v) is 4.29. The van der Waals surface area contributed by atoms with E-state index in [1.807, 2.05) is 17.8 Å². The lowest BCUT2D eigenvalue weighted by Gasteiger charge is -2.02. The lowest BCUT2D eigenvalue weighted by molar-refractivity contribution is -0.141. The summed E-state index contributed by atoms with van der Waals surface area (Å²) in [5.74, 6) is -1.03. The maximum Gasteiger partial charge on any atom is 0.306 e. The van der Waals surface area contributed by atoms with E-state index in [2.05, 4.69) is 4.98 Å². The van der Waals surface area contributed by atoms with Crippen molar-refractivity contribution in [3.63, 3.8) is 0 Å². The Morgan fingerprint density at radius 2 is 2.46 bits per heavy atom. The third-order valence-electron chi connectivity index (χ3n) is 2.01. The first kappa shape index (κ1) is 9.77. The monoisotopic (exact) mass is 182 g/mol. The molecular formula is C9H14N2O2. The van der Waals surface area contributed by atoms with Crippen LogP contribution in [0.5, 0.6) is 0 Å². The van der Waals surface area contributed by atoms with Crippen molar-refractivity contribution in [2.75, 3.05) is 0 Å². The molecule has 13 heavy (non-hydrogen) atoms. The van der Waals surface area contributed by atoms with Crippen LogP contribution in [0.15, 0.2) is 12.5 Å². The fourth-order valence-electron chi connectivity index (χ4n) is 1.08. The summed E-state index contributed by atoms with van der Waals surface area (Å²) < 4.78 is 1.86. The van der Waals surface area contributed by atoms with E-state index in [9.17, 15) is 4.79 Å². The van der Waals surface area contributed by atoms with Crippen LogP contribution in [0, 0.1) is 5.92 Å². The summed E-state index contributed by atoms with van der Waals surface area (Å²) in [6, 6.07) is 0. The number of aryl methyl sites for hydroxylation is 2. The van der Waals surface area contributed by atoms with Crippen LogP contribution in [0.3, 0.4) is 0 Å². The van der Waals surface area contributed by atoms with Crippen molar-refractivity contribution >= 4 is 5.97 Å². The summed E-state index contributed by atoms with van der Waals surface area (Å²) in [5, 5.41) is 8.64. The Labute approximate surface area is 77.2 Å². The highest BCUT2D eigenvalue weighted by molar-refractivity contribution is 5.69. The van der Waals surface area contributed by atoms with Crippen molar-refractivity contribution in [1.82, 2.24) is 9.55 Å². The predicted octanol–water partition coefficient (Wildman–Crippen LogP) is 1.07. The van der Waals surface area contributed by atoms with Crippen LogP contribution < -0.4 is 0 Å². The van der Waals surface area contributed by atoms with Gasteiger partial charge in [0.1, 0.15) is 0 Å². The number of rotatable bonds is 4. The third kappa shape index (κ3) is 2.89. The zero-order chi connectivity index (χ0) is 9.84. The molecule has 1 aromatic rings. The number of carboxylic acids is 1. The number of nitrogens with zero attached hydrogens (tertiary/aromatic N) is 2. The Hall–Kier alpha value is -1.32. The van der Waals surface area contributed by atoms with Gasteiger partial charge in [0.2, 0.25) is 0 Å². The fourth-order valence-corrected chi connectivity index (χ4v) is 1.08. The largest absolute Gasteiger partial charge is 0.481 e. The highest BCUT2D eigenvalue weighted by Gasteiger charge is 2.10. The Balaban J connectivity index is 2.39. The zero-order valence-corrected chi connectivity index (χ0v) is 7.90. The molecule has 0 bridgehead atoms. The van der Waals surface area contributed by atoms with Crippen molar-refractivity contribution in [3.05, 3.63) is 18.2 Å². The van der Waals surface area contributed by atoms with Crippen molar-refractivity contribution in [3.8, 4) is 0 Å². The van der Waals surface area contributed by atoms with Gasteiger partial charge in [0.25, 0.3) is 0 Å². The van der Waals surface area contributed by atoms with E-state index in [4.69, 9.17) is 5.11 Å². The lowest BCUT2D eigenvalue weighted by atomic mass is 10.1. The molecule has 0 aliphatic carbocycles. The summed E-state index contributed by atoms with van der Waals surface area (Å²) in [6.07, 6.45) is 5.01. The highest BCUT2D eigenvalue weighted by Crippen LogP contribution is 2.07. The van der Waals surface area contributed by atoms with Gasteiger partial charge in [-0.1, -0.05) is 6.92 Å². The van der Waals surface area contributed by atoms with Crippen LogP contribution in [0.2, 0.25) is 0 Å². The molecule has 0 amide bonds. The highest BCUT2D eigenvalue weighted by atomic mass is 16.4. The van der Waals surface area contributed by atoms with Gasteiger partial charge in [-0.2, -0.15) is 0 Å². The number of carboxylic acid groups (broad SMARTS) is 1. The number of imidazole rings is 1. The maximum absolute atomic E-state index is 10.5. The Morgan fingerprint density at radius 1 is 1.77 bits per heavy atom. The van der Waals surface area contributed by atoms with E-state index in [1.165, 1.54) is 0 Å². The van der Waals surface area contributed by atoms with E-state index in [1.54, 1.807) is 13.3 Å². The molecule has 0 aliphatic heterocycles. The van der Waals surface area contributed by atoms with Crippen LogP contribution in [0.1, 0.15) is 19.0 Å². The summed E-state index contributed by atoms with van der Waals surface area (Å²) in [5.41, 5.74) is 0.954. The number of carbonyl (C=O) groups is 1. The molecule has 1 atom stereocenters. The molecule has 0 fully saturated rings. The fraction of sp³-hybridized carbons (Fsp3) is 0.556. The molecule has 0 radical (unpaired) electrons. The second-order valence-corrected chi connectivity index (χ2v) is 3.31. The molecule has 0 aromatic carbocycles. The van der Waals surface area contributed by atoms with Gasteiger partial charge in [-0.15, -0.1) is 0 Å². The molecule has 0 saturated carbocycles. The van der Waals surface area contributed by atoms with Gasteiger partial charge in [0.05, 0.1) is 17.9 Å². The van der Waals surface area contributed by atoms with Crippen molar-refractivity contribution in [2.45, 2.75) is 19.8 Å². The summed E-state index contributed by atoms with van der Waals surface area (Å²) in [6.45, 7) is 1.71. The van der Waals surface area contributed by atoms with Gasteiger partial charge < -0.3 is 9.67 Å². The second kappa shape index (κ2) is 4.07. The molecule has 1 unspecified atom stereocenters. The van der Waals surface area contributed by atoms with E-state index < -0.39 is 5.97 Å². The minimum absolute atomic E-state index is 0.290. The van der Waals surface area contributed by atoms with Crippen LogP contribution >= 0.6 is 0 Å². The summed E-state index contributed by atoms with van der Waals surface area (Å²) in [7, 11) is 1.90. The standard InChI is InChI=1S/C9H14N2O2/c1-7(9(12)13)3-4-8-5-11(2)6-10-8/h5-7H,3-4H2,1-2H3,(H,12,13). The number of hydrogen-bond acceptors (Lipinski definition) is 2. The van der Waals surface area contributed by atoms with Gasteiger partial charge in [-0.3, -0.25) is 4.79 Å². The van der Waals surface area contributed by atoms with Crippen LogP contribution in [-0.2, 0) is 18.3 Å². The van der Waals surface area contributed by atoms with Crippen molar-refractivity contribution in [1.29, 1.82) is 0 Å². The molecule has 0 spiro atoms. The van der Waals surface area contributed by atoms with Gasteiger partial charge >= 0.3 is 5.97 Å². The molecule has 72 valence electrons. The minimum atomic E-state index is -0.740. The molecular weight excluding hydrogens is 168 g/mol. The third-order valence-corrected chi connectivity index (χ3v) is 2.01. The van der Waals surface area contributed by atoms with E-state index in [0.717, 1.165) is 12.1 Å². The molecule has 1 aromatic heterocycles. The van der Waals surface area contributed by atoms with Crippen LogP contribution in [-0.4, -0.2) is 20.6 Å². The average Bonchev–Trinajstić information content (AvgIpc) is 2.47. The molecule has 1 heterocycles. The summed E-state index contributed by atoms with van der Waals surface area (Å²) in [4.78, 5) is 14.6. The number of aromatic nitrogens is 2. The lowest BCUT2D eigenvalue weighted by Crippen LogP contribution is -2.10. The Kier molecular flexibility index (Phi) is 3.06. The number of aliphatic carboxylic acids is 1. The quantitative estimate of drug-likeness (QED) is 0.757. The first-order valence-electron chi connectivity index (χ1n) is 4.29. The molecule has 1 N–H and O–H groups in total. The van der Waals surface area contributed by atoms with Gasteiger partial charge in [-0.05, 0) is 12.8 Å². The molecule has 4 nitrogen and oxygen atoms in total. The summed E-state index contributed by atoms with van der Waals surface area (Å²) >= 11 is 0. The maximum atomic E-state index is 10.5. The normalized spacial score (nSPS) is 12.8. The first-order chi connectivity index (χ1) is 6.09.